The monoisotopic (exact) mass is 193 g/mol. The standard InChI is InChI=1S/C9H15N5/c10-8-3-1-7(2-4-8)5-6-13-9(11)14-12/h1-4H,5-6,10,12H2,(H3,11,13,14). The second-order valence-corrected chi connectivity index (χ2v) is 2.90. The number of nitrogen functional groups attached to an aromatic ring is 1. The molecule has 0 aliphatic heterocycles. The Balaban J connectivity index is 2.42. The van der Waals surface area contributed by atoms with E-state index in [4.69, 9.17) is 17.3 Å². The Labute approximate surface area is 83.0 Å². The number of hydrazine groups is 1. The molecule has 76 valence electrons. The zero-order valence-corrected chi connectivity index (χ0v) is 7.90. The Morgan fingerprint density at radius 1 is 1.29 bits per heavy atom. The first-order valence-electron chi connectivity index (χ1n) is 4.33. The zero-order chi connectivity index (χ0) is 10.4. The minimum Gasteiger partial charge on any atom is -0.399 e. The van der Waals surface area contributed by atoms with Gasteiger partial charge in [0.25, 0.3) is 0 Å². The Morgan fingerprint density at radius 2 is 1.93 bits per heavy atom. The third kappa shape index (κ3) is 3.32. The van der Waals surface area contributed by atoms with Crippen molar-refractivity contribution >= 4 is 11.6 Å². The smallest absolute Gasteiger partial charge is 0.203 e. The summed E-state index contributed by atoms with van der Waals surface area (Å²) in [6, 6.07) is 7.67. The highest BCUT2D eigenvalue weighted by atomic mass is 15.3. The molecular weight excluding hydrogens is 178 g/mol. The van der Waals surface area contributed by atoms with Crippen LogP contribution in [0.3, 0.4) is 0 Å². The first-order chi connectivity index (χ1) is 6.72. The molecule has 0 radical (unpaired) electrons. The minimum absolute atomic E-state index is 0.250. The van der Waals surface area contributed by atoms with E-state index in [1.54, 1.807) is 0 Å². The predicted octanol–water partition coefficient (Wildman–Crippen LogP) is -0.411. The summed E-state index contributed by atoms with van der Waals surface area (Å²) in [5.74, 6) is 5.30. The van der Waals surface area contributed by atoms with E-state index in [9.17, 15) is 0 Å². The summed E-state index contributed by atoms with van der Waals surface area (Å²) >= 11 is 0. The van der Waals surface area contributed by atoms with E-state index in [1.165, 1.54) is 5.56 Å². The van der Waals surface area contributed by atoms with E-state index in [1.807, 2.05) is 24.3 Å². The third-order valence-corrected chi connectivity index (χ3v) is 1.81. The Kier molecular flexibility index (Phi) is 3.75. The van der Waals surface area contributed by atoms with E-state index < -0.39 is 0 Å². The van der Waals surface area contributed by atoms with Gasteiger partial charge in [0.1, 0.15) is 0 Å². The van der Waals surface area contributed by atoms with E-state index in [2.05, 4.69) is 10.4 Å². The number of rotatable bonds is 3. The fourth-order valence-corrected chi connectivity index (χ4v) is 1.04. The van der Waals surface area contributed by atoms with Gasteiger partial charge in [-0.2, -0.15) is 0 Å². The lowest BCUT2D eigenvalue weighted by Gasteiger charge is -2.00. The van der Waals surface area contributed by atoms with Gasteiger partial charge in [0.15, 0.2) is 0 Å². The predicted molar refractivity (Wildman–Crippen MR) is 58.4 cm³/mol. The molecule has 1 aromatic carbocycles. The number of guanidine groups is 1. The van der Waals surface area contributed by atoms with Gasteiger partial charge in [-0.05, 0) is 24.1 Å². The van der Waals surface area contributed by atoms with Crippen molar-refractivity contribution in [3.63, 3.8) is 0 Å². The van der Waals surface area contributed by atoms with Crippen LogP contribution in [-0.4, -0.2) is 12.5 Å². The number of anilines is 1. The first-order valence-corrected chi connectivity index (χ1v) is 4.33. The average molecular weight is 193 g/mol. The number of nitrogens with one attached hydrogen (secondary N) is 1. The van der Waals surface area contributed by atoms with Crippen LogP contribution in [0.2, 0.25) is 0 Å². The summed E-state index contributed by atoms with van der Waals surface area (Å²) in [7, 11) is 0. The van der Waals surface area contributed by atoms with Crippen molar-refractivity contribution in [2.45, 2.75) is 6.42 Å². The van der Waals surface area contributed by atoms with Crippen LogP contribution in [-0.2, 0) is 6.42 Å². The van der Waals surface area contributed by atoms with Crippen LogP contribution in [0.25, 0.3) is 0 Å². The Hall–Kier alpha value is -1.75. The Morgan fingerprint density at radius 3 is 2.50 bits per heavy atom. The van der Waals surface area contributed by atoms with E-state index in [0.717, 1.165) is 12.1 Å². The van der Waals surface area contributed by atoms with Crippen LogP contribution in [0, 0.1) is 0 Å². The second-order valence-electron chi connectivity index (χ2n) is 2.90. The summed E-state index contributed by atoms with van der Waals surface area (Å²) in [6.45, 7) is 0.611. The molecule has 0 spiro atoms. The maximum Gasteiger partial charge on any atom is 0.203 e. The van der Waals surface area contributed by atoms with Gasteiger partial charge in [-0.1, -0.05) is 12.1 Å². The van der Waals surface area contributed by atoms with E-state index in [0.29, 0.717) is 6.54 Å². The molecule has 0 fully saturated rings. The van der Waals surface area contributed by atoms with Crippen molar-refractivity contribution in [1.82, 2.24) is 5.43 Å². The topological polar surface area (TPSA) is 102 Å². The molecule has 0 amide bonds. The van der Waals surface area contributed by atoms with Gasteiger partial charge in [-0.3, -0.25) is 10.4 Å². The molecule has 1 rings (SSSR count). The summed E-state index contributed by atoms with van der Waals surface area (Å²) in [6.07, 6.45) is 0.822. The van der Waals surface area contributed by atoms with E-state index in [-0.39, 0.29) is 5.96 Å². The van der Waals surface area contributed by atoms with Crippen molar-refractivity contribution in [2.24, 2.45) is 16.6 Å². The first kappa shape index (κ1) is 10.3. The van der Waals surface area contributed by atoms with Crippen LogP contribution >= 0.6 is 0 Å². The molecule has 0 aliphatic rings. The van der Waals surface area contributed by atoms with Crippen LogP contribution in [0.1, 0.15) is 5.56 Å². The molecule has 5 heteroatoms. The van der Waals surface area contributed by atoms with Gasteiger partial charge < -0.3 is 11.5 Å². The molecule has 0 aliphatic carbocycles. The van der Waals surface area contributed by atoms with Crippen molar-refractivity contribution in [3.05, 3.63) is 29.8 Å². The molecule has 0 bridgehead atoms. The number of aliphatic imine (C=N–C) groups is 1. The molecular formula is C9H15N5. The lowest BCUT2D eigenvalue weighted by Crippen LogP contribution is -2.37. The van der Waals surface area contributed by atoms with Gasteiger partial charge in [0.05, 0.1) is 0 Å². The minimum atomic E-state index is 0.250. The average Bonchev–Trinajstić information content (AvgIpc) is 2.21. The van der Waals surface area contributed by atoms with Crippen LogP contribution in [0.15, 0.2) is 29.3 Å². The number of nitrogens with two attached hydrogens (primary N) is 3. The van der Waals surface area contributed by atoms with E-state index >= 15 is 0 Å². The quantitative estimate of drug-likeness (QED) is 0.172. The van der Waals surface area contributed by atoms with Gasteiger partial charge >= 0.3 is 0 Å². The number of benzene rings is 1. The highest BCUT2D eigenvalue weighted by Gasteiger charge is 1.92. The van der Waals surface area contributed by atoms with Crippen molar-refractivity contribution in [2.75, 3.05) is 12.3 Å². The molecule has 0 heterocycles. The van der Waals surface area contributed by atoms with Gasteiger partial charge in [-0.15, -0.1) is 0 Å². The molecule has 0 aromatic heterocycles. The fraction of sp³-hybridized carbons (Fsp3) is 0.222. The lowest BCUT2D eigenvalue weighted by molar-refractivity contribution is 0.923. The maximum absolute atomic E-state index is 5.55. The maximum atomic E-state index is 5.55. The van der Waals surface area contributed by atoms with Crippen LogP contribution in [0.5, 0.6) is 0 Å². The van der Waals surface area contributed by atoms with Crippen LogP contribution < -0.4 is 22.7 Å². The van der Waals surface area contributed by atoms with Crippen molar-refractivity contribution in [3.8, 4) is 0 Å². The van der Waals surface area contributed by atoms with Gasteiger partial charge in [0, 0.05) is 12.2 Å². The molecule has 0 atom stereocenters. The summed E-state index contributed by atoms with van der Waals surface area (Å²) in [5, 5.41) is 0. The Bertz CT molecular complexity index is 303. The van der Waals surface area contributed by atoms with Crippen molar-refractivity contribution in [1.29, 1.82) is 0 Å². The number of hydrogen-bond acceptors (Lipinski definition) is 3. The summed E-state index contributed by atoms with van der Waals surface area (Å²) < 4.78 is 0. The summed E-state index contributed by atoms with van der Waals surface area (Å²) in [5.41, 5.74) is 15.1. The molecule has 0 unspecified atom stereocenters. The SMILES string of the molecule is NNC(N)=NCCc1ccc(N)cc1. The van der Waals surface area contributed by atoms with Gasteiger partial charge in [-0.25, -0.2) is 5.84 Å². The lowest BCUT2D eigenvalue weighted by atomic mass is 10.1. The third-order valence-electron chi connectivity index (χ3n) is 1.81. The molecule has 7 N–H and O–H groups in total. The largest absolute Gasteiger partial charge is 0.399 e. The van der Waals surface area contributed by atoms with Crippen LogP contribution in [0.4, 0.5) is 5.69 Å². The molecule has 1 aromatic rings. The normalized spacial score (nSPS) is 11.4. The molecule has 5 nitrogen and oxygen atoms in total. The number of hydrogen-bond donors (Lipinski definition) is 4. The highest BCUT2D eigenvalue weighted by molar-refractivity contribution is 5.77. The number of nitrogens with zero attached hydrogens (tertiary/aromatic N) is 1. The van der Waals surface area contributed by atoms with Gasteiger partial charge in [0.2, 0.25) is 5.96 Å². The molecule has 14 heavy (non-hydrogen) atoms. The van der Waals surface area contributed by atoms with Crippen molar-refractivity contribution < 1.29 is 0 Å². The molecule has 0 saturated heterocycles. The summed E-state index contributed by atoms with van der Waals surface area (Å²) in [4.78, 5) is 3.99. The molecule has 0 saturated carbocycles. The fourth-order valence-electron chi connectivity index (χ4n) is 1.04. The highest BCUT2D eigenvalue weighted by Crippen LogP contribution is 2.05. The zero-order valence-electron chi connectivity index (χ0n) is 7.90. The second kappa shape index (κ2) is 5.08.